The second kappa shape index (κ2) is 5.98. The summed E-state index contributed by atoms with van der Waals surface area (Å²) >= 11 is 0. The smallest absolute Gasteiger partial charge is 0.333 e. The molecule has 0 aromatic heterocycles. The van der Waals surface area contributed by atoms with Crippen molar-refractivity contribution in [2.24, 2.45) is 0 Å². The summed E-state index contributed by atoms with van der Waals surface area (Å²) in [6, 6.07) is 2.20. The molecule has 0 N–H and O–H groups in total. The highest BCUT2D eigenvalue weighted by atomic mass is 28.3. The maximum atomic E-state index is 11.1. The van der Waals surface area contributed by atoms with Crippen LogP contribution in [0.15, 0.2) is 11.6 Å². The number of ether oxygens (including phenoxy) is 1. The van der Waals surface area contributed by atoms with Crippen LogP contribution in [-0.2, 0) is 14.0 Å². The number of hydrogen-bond acceptors (Lipinski definition) is 3. The molecule has 1 aliphatic rings. The van der Waals surface area contributed by atoms with Gasteiger partial charge in [-0.3, -0.25) is 0 Å². The summed E-state index contributed by atoms with van der Waals surface area (Å²) in [7, 11) is 0.392. The lowest BCUT2D eigenvalue weighted by Crippen LogP contribution is -2.22. The summed E-state index contributed by atoms with van der Waals surface area (Å²) in [4.78, 5) is 11.1. The maximum Gasteiger partial charge on any atom is 0.333 e. The Kier molecular flexibility index (Phi) is 4.90. The van der Waals surface area contributed by atoms with E-state index < -0.39 is 9.04 Å². The molecule has 3 nitrogen and oxygen atoms in total. The number of carbonyl (C=O) groups excluding carboxylic acids is 1. The third-order valence-electron chi connectivity index (χ3n) is 2.47. The van der Waals surface area contributed by atoms with Crippen molar-refractivity contribution in [3.8, 4) is 0 Å². The van der Waals surface area contributed by atoms with Crippen LogP contribution in [0.3, 0.4) is 0 Å². The quantitative estimate of drug-likeness (QED) is 0.407. The Morgan fingerprint density at radius 3 is 2.93 bits per heavy atom. The monoisotopic (exact) mass is 214 g/mol. The molecule has 1 atom stereocenters. The van der Waals surface area contributed by atoms with Crippen LogP contribution in [0, 0.1) is 0 Å². The summed E-state index contributed by atoms with van der Waals surface area (Å²) in [6.07, 6.45) is 4.46. The summed E-state index contributed by atoms with van der Waals surface area (Å²) in [5, 5.41) is 0. The fourth-order valence-corrected chi connectivity index (χ4v) is 3.94. The number of carbonyl (C=O) groups is 1. The lowest BCUT2D eigenvalue weighted by atomic mass is 10.3. The second-order valence-electron chi connectivity index (χ2n) is 3.60. The molecule has 14 heavy (non-hydrogen) atoms. The van der Waals surface area contributed by atoms with E-state index in [-0.39, 0.29) is 5.97 Å². The van der Waals surface area contributed by atoms with Crippen LogP contribution in [0.5, 0.6) is 0 Å². The first-order valence-electron chi connectivity index (χ1n) is 5.10. The van der Waals surface area contributed by atoms with E-state index >= 15 is 0 Å². The minimum absolute atomic E-state index is 0.227. The van der Waals surface area contributed by atoms with Gasteiger partial charge in [-0.05, 0) is 25.4 Å². The molecule has 1 aliphatic heterocycles. The molecule has 1 heterocycles. The highest BCUT2D eigenvalue weighted by molar-refractivity contribution is 6.52. The molecule has 1 unspecified atom stereocenters. The molecular weight excluding hydrogens is 196 g/mol. The minimum atomic E-state index is -1.02. The minimum Gasteiger partial charge on any atom is -0.466 e. The predicted molar refractivity (Wildman–Crippen MR) is 57.7 cm³/mol. The lowest BCUT2D eigenvalue weighted by Gasteiger charge is -2.19. The topological polar surface area (TPSA) is 35.5 Å². The zero-order valence-corrected chi connectivity index (χ0v) is 10.1. The Morgan fingerprint density at radius 1 is 1.57 bits per heavy atom. The number of hydrogen-bond donors (Lipinski definition) is 0. The van der Waals surface area contributed by atoms with E-state index in [1.54, 1.807) is 6.92 Å². The zero-order valence-electron chi connectivity index (χ0n) is 8.91. The van der Waals surface area contributed by atoms with E-state index in [0.717, 1.165) is 12.7 Å². The van der Waals surface area contributed by atoms with Gasteiger partial charge in [0.2, 0.25) is 0 Å². The highest BCUT2D eigenvalue weighted by Gasteiger charge is 2.15. The van der Waals surface area contributed by atoms with E-state index in [0.29, 0.717) is 5.57 Å². The Hall–Kier alpha value is -0.613. The average molecular weight is 214 g/mol. The van der Waals surface area contributed by atoms with Crippen molar-refractivity contribution >= 4 is 15.0 Å². The summed E-state index contributed by atoms with van der Waals surface area (Å²) in [6.45, 7) is 2.71. The Labute approximate surface area is 86.8 Å². The highest BCUT2D eigenvalue weighted by Crippen LogP contribution is 2.15. The Morgan fingerprint density at radius 2 is 2.36 bits per heavy atom. The molecule has 0 amide bonds. The molecule has 0 aromatic carbocycles. The van der Waals surface area contributed by atoms with E-state index in [2.05, 4.69) is 4.74 Å². The van der Waals surface area contributed by atoms with E-state index in [4.69, 9.17) is 4.43 Å². The normalized spacial score (nSPS) is 23.3. The van der Waals surface area contributed by atoms with Crippen molar-refractivity contribution in [2.75, 3.05) is 13.7 Å². The van der Waals surface area contributed by atoms with Crippen molar-refractivity contribution in [3.63, 3.8) is 0 Å². The molecular formula is C10H18O3Si. The first kappa shape index (κ1) is 11.5. The van der Waals surface area contributed by atoms with Crippen molar-refractivity contribution < 1.29 is 14.0 Å². The van der Waals surface area contributed by atoms with Crippen LogP contribution in [0.1, 0.15) is 19.8 Å². The maximum absolute atomic E-state index is 11.1. The number of esters is 1. The molecule has 0 aliphatic carbocycles. The fraction of sp³-hybridized carbons (Fsp3) is 0.700. The van der Waals surface area contributed by atoms with Crippen molar-refractivity contribution in [2.45, 2.75) is 31.9 Å². The third kappa shape index (κ3) is 3.63. The predicted octanol–water partition coefficient (Wildman–Crippen LogP) is 1.64. The van der Waals surface area contributed by atoms with Gasteiger partial charge in [-0.25, -0.2) is 4.79 Å². The Bertz CT molecular complexity index is 219. The zero-order chi connectivity index (χ0) is 10.4. The van der Waals surface area contributed by atoms with E-state index in [1.807, 2.05) is 6.08 Å². The van der Waals surface area contributed by atoms with Crippen LogP contribution in [0.4, 0.5) is 0 Å². The summed E-state index contributed by atoms with van der Waals surface area (Å²) < 4.78 is 10.3. The van der Waals surface area contributed by atoms with Crippen molar-refractivity contribution in [1.29, 1.82) is 0 Å². The van der Waals surface area contributed by atoms with Gasteiger partial charge >= 0.3 is 5.97 Å². The number of methoxy groups -OCH3 is 1. The molecule has 0 bridgehead atoms. The Balaban J connectivity index is 2.33. The van der Waals surface area contributed by atoms with Gasteiger partial charge < -0.3 is 9.16 Å². The molecule has 1 saturated heterocycles. The molecule has 0 saturated carbocycles. The second-order valence-corrected chi connectivity index (χ2v) is 6.23. The molecule has 0 spiro atoms. The number of allylic oxidation sites excluding steroid dienone is 1. The molecule has 1 rings (SSSR count). The average Bonchev–Trinajstić information content (AvgIpc) is 2.26. The van der Waals surface area contributed by atoms with Crippen molar-refractivity contribution in [3.05, 3.63) is 11.6 Å². The van der Waals surface area contributed by atoms with Gasteiger partial charge in [-0.2, -0.15) is 0 Å². The van der Waals surface area contributed by atoms with Crippen LogP contribution >= 0.6 is 0 Å². The number of rotatable bonds is 3. The van der Waals surface area contributed by atoms with Gasteiger partial charge in [0, 0.05) is 12.2 Å². The van der Waals surface area contributed by atoms with Crippen LogP contribution < -0.4 is 0 Å². The van der Waals surface area contributed by atoms with Gasteiger partial charge in [-0.1, -0.05) is 12.5 Å². The van der Waals surface area contributed by atoms with Crippen LogP contribution in [0.2, 0.25) is 12.1 Å². The first-order chi connectivity index (χ1) is 6.74. The van der Waals surface area contributed by atoms with Crippen LogP contribution in [-0.4, -0.2) is 28.7 Å². The summed E-state index contributed by atoms with van der Waals surface area (Å²) in [5.41, 5.74) is 0.703. The van der Waals surface area contributed by atoms with E-state index in [1.165, 1.54) is 26.0 Å². The SMILES string of the molecule is COC(=O)C(C)=CC[SiH]1CCCCO1. The van der Waals surface area contributed by atoms with Crippen LogP contribution in [0.25, 0.3) is 0 Å². The largest absolute Gasteiger partial charge is 0.466 e. The summed E-state index contributed by atoms with van der Waals surface area (Å²) in [5.74, 6) is -0.227. The molecule has 80 valence electrons. The van der Waals surface area contributed by atoms with Crippen molar-refractivity contribution in [1.82, 2.24) is 0 Å². The standard InChI is InChI=1S/C10H18O3Si/c1-9(10(11)12-2)5-8-14-7-4-3-6-13-14/h5,14H,3-4,6-8H2,1-2H3. The van der Waals surface area contributed by atoms with Gasteiger partial charge in [0.15, 0.2) is 9.04 Å². The molecule has 0 radical (unpaired) electrons. The van der Waals surface area contributed by atoms with Gasteiger partial charge in [0.1, 0.15) is 0 Å². The third-order valence-corrected chi connectivity index (χ3v) is 4.99. The molecule has 4 heteroatoms. The fourth-order valence-electron chi connectivity index (χ4n) is 1.55. The van der Waals surface area contributed by atoms with E-state index in [9.17, 15) is 4.79 Å². The van der Waals surface area contributed by atoms with Gasteiger partial charge in [0.25, 0.3) is 0 Å². The van der Waals surface area contributed by atoms with Gasteiger partial charge in [0.05, 0.1) is 7.11 Å². The lowest BCUT2D eigenvalue weighted by molar-refractivity contribution is -0.136. The first-order valence-corrected chi connectivity index (χ1v) is 7.21. The molecule has 1 fully saturated rings. The van der Waals surface area contributed by atoms with Gasteiger partial charge in [-0.15, -0.1) is 0 Å². The molecule has 0 aromatic rings.